The Bertz CT molecular complexity index is 481. The molecule has 108 valence electrons. The van der Waals surface area contributed by atoms with Crippen molar-refractivity contribution in [3.63, 3.8) is 0 Å². The summed E-state index contributed by atoms with van der Waals surface area (Å²) in [4.78, 5) is 20.6. The van der Waals surface area contributed by atoms with E-state index in [1.165, 1.54) is 13.2 Å². The molecule has 6 nitrogen and oxygen atoms in total. The molecule has 0 radical (unpaired) electrons. The SMILES string of the molecule is COc1ccc(OCCOCC=O)cc1C=CC(=O)O. The molecule has 0 saturated heterocycles. The third-order valence-electron chi connectivity index (χ3n) is 2.29. The van der Waals surface area contributed by atoms with E-state index in [2.05, 4.69) is 0 Å². The van der Waals surface area contributed by atoms with Gasteiger partial charge in [0.1, 0.15) is 31.0 Å². The van der Waals surface area contributed by atoms with Gasteiger partial charge in [0.2, 0.25) is 0 Å². The highest BCUT2D eigenvalue weighted by Crippen LogP contribution is 2.25. The van der Waals surface area contributed by atoms with E-state index in [0.29, 0.717) is 36.6 Å². The molecule has 0 unspecified atom stereocenters. The predicted molar refractivity (Wildman–Crippen MR) is 72.0 cm³/mol. The standard InChI is InChI=1S/C14H16O6/c1-18-13-4-3-12(20-9-8-19-7-6-15)10-11(13)2-5-14(16)17/h2-6,10H,7-9H2,1H3,(H,16,17). The molecule has 6 heteroatoms. The number of carbonyl (C=O) groups is 2. The van der Waals surface area contributed by atoms with Gasteiger partial charge in [-0.2, -0.15) is 0 Å². The largest absolute Gasteiger partial charge is 0.496 e. The molecule has 0 fully saturated rings. The van der Waals surface area contributed by atoms with Crippen LogP contribution in [-0.2, 0) is 14.3 Å². The monoisotopic (exact) mass is 280 g/mol. The van der Waals surface area contributed by atoms with Crippen molar-refractivity contribution in [1.29, 1.82) is 0 Å². The minimum absolute atomic E-state index is 0.0402. The van der Waals surface area contributed by atoms with Gasteiger partial charge in [0.05, 0.1) is 13.7 Å². The molecular formula is C14H16O6. The molecule has 1 aromatic carbocycles. The lowest BCUT2D eigenvalue weighted by Crippen LogP contribution is -2.08. The number of aldehydes is 1. The number of ether oxygens (including phenoxy) is 3. The van der Waals surface area contributed by atoms with Crippen LogP contribution in [0.2, 0.25) is 0 Å². The molecular weight excluding hydrogens is 264 g/mol. The molecule has 0 saturated carbocycles. The second kappa shape index (κ2) is 8.71. The summed E-state index contributed by atoms with van der Waals surface area (Å²) < 4.78 is 15.5. The van der Waals surface area contributed by atoms with Gasteiger partial charge < -0.3 is 24.1 Å². The van der Waals surface area contributed by atoms with E-state index in [1.807, 2.05) is 0 Å². The summed E-state index contributed by atoms with van der Waals surface area (Å²) in [5.74, 6) is 0.0678. The minimum Gasteiger partial charge on any atom is -0.496 e. The van der Waals surface area contributed by atoms with Crippen molar-refractivity contribution in [3.8, 4) is 11.5 Å². The first-order valence-electron chi connectivity index (χ1n) is 5.90. The minimum atomic E-state index is -1.04. The molecule has 1 N–H and O–H groups in total. The van der Waals surface area contributed by atoms with Crippen molar-refractivity contribution in [1.82, 2.24) is 0 Å². The Morgan fingerprint density at radius 1 is 1.35 bits per heavy atom. The van der Waals surface area contributed by atoms with E-state index in [1.54, 1.807) is 18.2 Å². The number of aliphatic carboxylic acids is 1. The van der Waals surface area contributed by atoms with Crippen LogP contribution in [0.15, 0.2) is 24.3 Å². The zero-order valence-corrected chi connectivity index (χ0v) is 11.1. The van der Waals surface area contributed by atoms with Crippen LogP contribution < -0.4 is 9.47 Å². The number of carboxylic acid groups (broad SMARTS) is 1. The zero-order chi connectivity index (χ0) is 14.8. The maximum atomic E-state index is 10.5. The van der Waals surface area contributed by atoms with Crippen molar-refractivity contribution in [2.45, 2.75) is 0 Å². The van der Waals surface area contributed by atoms with Crippen molar-refractivity contribution in [2.24, 2.45) is 0 Å². The second-order valence-electron chi connectivity index (χ2n) is 3.67. The summed E-state index contributed by atoms with van der Waals surface area (Å²) >= 11 is 0. The molecule has 0 aliphatic rings. The summed E-state index contributed by atoms with van der Waals surface area (Å²) in [7, 11) is 1.50. The lowest BCUT2D eigenvalue weighted by atomic mass is 10.1. The van der Waals surface area contributed by atoms with Crippen LogP contribution in [0, 0.1) is 0 Å². The molecule has 0 spiro atoms. The van der Waals surface area contributed by atoms with E-state index < -0.39 is 5.97 Å². The van der Waals surface area contributed by atoms with Gasteiger partial charge in [-0.3, -0.25) is 0 Å². The number of methoxy groups -OCH3 is 1. The number of carboxylic acids is 1. The smallest absolute Gasteiger partial charge is 0.328 e. The molecule has 0 aliphatic heterocycles. The fourth-order valence-electron chi connectivity index (χ4n) is 1.44. The van der Waals surface area contributed by atoms with Gasteiger partial charge in [-0.15, -0.1) is 0 Å². The van der Waals surface area contributed by atoms with Crippen molar-refractivity contribution < 1.29 is 28.9 Å². The van der Waals surface area contributed by atoms with Crippen LogP contribution in [0.3, 0.4) is 0 Å². The summed E-state index contributed by atoms with van der Waals surface area (Å²) in [5.41, 5.74) is 0.598. The van der Waals surface area contributed by atoms with Gasteiger partial charge in [0, 0.05) is 11.6 Å². The average molecular weight is 280 g/mol. The Morgan fingerprint density at radius 2 is 2.15 bits per heavy atom. The Hall–Kier alpha value is -2.34. The molecule has 20 heavy (non-hydrogen) atoms. The normalized spacial score (nSPS) is 10.4. The third kappa shape index (κ3) is 5.53. The first-order valence-corrected chi connectivity index (χ1v) is 5.90. The summed E-state index contributed by atoms with van der Waals surface area (Å²) in [6.45, 7) is 0.631. The van der Waals surface area contributed by atoms with Gasteiger partial charge in [-0.25, -0.2) is 4.79 Å². The molecule has 0 heterocycles. The quantitative estimate of drug-likeness (QED) is 0.418. The van der Waals surface area contributed by atoms with Crippen molar-refractivity contribution in [2.75, 3.05) is 26.9 Å². The maximum absolute atomic E-state index is 10.5. The summed E-state index contributed by atoms with van der Waals surface area (Å²) in [5, 5.41) is 8.63. The van der Waals surface area contributed by atoms with Gasteiger partial charge in [0.15, 0.2) is 0 Å². The Kier molecular flexibility index (Phi) is 6.84. The van der Waals surface area contributed by atoms with Crippen LogP contribution in [0.1, 0.15) is 5.56 Å². The average Bonchev–Trinajstić information content (AvgIpc) is 2.45. The molecule has 1 aromatic rings. The van der Waals surface area contributed by atoms with E-state index >= 15 is 0 Å². The van der Waals surface area contributed by atoms with E-state index in [-0.39, 0.29) is 6.61 Å². The Morgan fingerprint density at radius 3 is 2.80 bits per heavy atom. The van der Waals surface area contributed by atoms with Gasteiger partial charge in [0.25, 0.3) is 0 Å². The number of hydrogen-bond acceptors (Lipinski definition) is 5. The van der Waals surface area contributed by atoms with Gasteiger partial charge >= 0.3 is 5.97 Å². The fraction of sp³-hybridized carbons (Fsp3) is 0.286. The first kappa shape index (κ1) is 15.7. The zero-order valence-electron chi connectivity index (χ0n) is 11.1. The highest BCUT2D eigenvalue weighted by molar-refractivity contribution is 5.86. The number of rotatable bonds is 9. The topological polar surface area (TPSA) is 82.1 Å². The highest BCUT2D eigenvalue weighted by atomic mass is 16.5. The van der Waals surface area contributed by atoms with E-state index in [9.17, 15) is 9.59 Å². The maximum Gasteiger partial charge on any atom is 0.328 e. The van der Waals surface area contributed by atoms with Gasteiger partial charge in [-0.1, -0.05) is 0 Å². The Balaban J connectivity index is 2.66. The van der Waals surface area contributed by atoms with E-state index in [0.717, 1.165) is 6.08 Å². The fourth-order valence-corrected chi connectivity index (χ4v) is 1.44. The predicted octanol–water partition coefficient (Wildman–Crippen LogP) is 1.39. The molecule has 0 atom stereocenters. The highest BCUT2D eigenvalue weighted by Gasteiger charge is 2.03. The summed E-state index contributed by atoms with van der Waals surface area (Å²) in [6, 6.07) is 5.05. The molecule has 0 aliphatic carbocycles. The number of hydrogen-bond donors (Lipinski definition) is 1. The number of benzene rings is 1. The molecule has 0 amide bonds. The Labute approximate surface area is 116 Å². The van der Waals surface area contributed by atoms with E-state index in [4.69, 9.17) is 19.3 Å². The third-order valence-corrected chi connectivity index (χ3v) is 2.29. The van der Waals surface area contributed by atoms with Crippen LogP contribution in [0.4, 0.5) is 0 Å². The number of carbonyl (C=O) groups excluding carboxylic acids is 1. The van der Waals surface area contributed by atoms with Crippen molar-refractivity contribution in [3.05, 3.63) is 29.8 Å². The van der Waals surface area contributed by atoms with Gasteiger partial charge in [-0.05, 0) is 24.3 Å². The van der Waals surface area contributed by atoms with Crippen LogP contribution in [-0.4, -0.2) is 44.3 Å². The second-order valence-corrected chi connectivity index (χ2v) is 3.67. The van der Waals surface area contributed by atoms with Crippen LogP contribution >= 0.6 is 0 Å². The molecule has 0 bridgehead atoms. The van der Waals surface area contributed by atoms with Crippen molar-refractivity contribution >= 4 is 18.3 Å². The summed E-state index contributed by atoms with van der Waals surface area (Å²) in [6.07, 6.45) is 3.12. The van der Waals surface area contributed by atoms with Crippen LogP contribution in [0.5, 0.6) is 11.5 Å². The lowest BCUT2D eigenvalue weighted by Gasteiger charge is -2.09. The van der Waals surface area contributed by atoms with Crippen LogP contribution in [0.25, 0.3) is 6.08 Å². The lowest BCUT2D eigenvalue weighted by molar-refractivity contribution is -0.131. The first-order chi connectivity index (χ1) is 9.67. The molecule has 0 aromatic heterocycles. The molecule has 1 rings (SSSR count).